The fourth-order valence-electron chi connectivity index (χ4n) is 1.16. The van der Waals surface area contributed by atoms with E-state index in [0.29, 0.717) is 0 Å². The average Bonchev–Trinajstić information content (AvgIpc) is 1.99. The van der Waals surface area contributed by atoms with E-state index in [2.05, 4.69) is 4.98 Å². The first kappa shape index (κ1) is 11.3. The second-order valence-corrected chi connectivity index (χ2v) is 2.83. The van der Waals surface area contributed by atoms with Crippen LogP contribution in [0.25, 0.3) is 0 Å². The minimum Gasteiger partial charge on any atom is -0.481 e. The molecule has 7 heteroatoms. The average molecular weight is 220 g/mol. The Hall–Kier alpha value is -1.79. The van der Waals surface area contributed by atoms with Crippen LogP contribution in [0.4, 0.5) is 18.9 Å². The number of rotatable bonds is 2. The highest BCUT2D eigenvalue weighted by atomic mass is 19.4. The van der Waals surface area contributed by atoms with Crippen molar-refractivity contribution >= 4 is 11.7 Å². The summed E-state index contributed by atoms with van der Waals surface area (Å²) in [5.41, 5.74) is 2.98. The van der Waals surface area contributed by atoms with Gasteiger partial charge in [0, 0.05) is 6.20 Å². The zero-order valence-electron chi connectivity index (χ0n) is 7.38. The number of hydrogen-bond donors (Lipinski definition) is 2. The van der Waals surface area contributed by atoms with Crippen molar-refractivity contribution in [3.63, 3.8) is 0 Å². The minimum absolute atomic E-state index is 0.435. The summed E-state index contributed by atoms with van der Waals surface area (Å²) in [7, 11) is 0. The van der Waals surface area contributed by atoms with Gasteiger partial charge in [0.15, 0.2) is 0 Å². The van der Waals surface area contributed by atoms with Crippen LogP contribution >= 0.6 is 0 Å². The third-order valence-electron chi connectivity index (χ3n) is 1.68. The first-order valence-electron chi connectivity index (χ1n) is 3.83. The summed E-state index contributed by atoms with van der Waals surface area (Å²) in [5, 5.41) is 8.41. The largest absolute Gasteiger partial charge is 0.481 e. The maximum Gasteiger partial charge on any atom is 0.418 e. The Morgan fingerprint density at radius 1 is 1.47 bits per heavy atom. The molecule has 0 saturated heterocycles. The van der Waals surface area contributed by atoms with Crippen molar-refractivity contribution in [3.05, 3.63) is 23.5 Å². The lowest BCUT2D eigenvalue weighted by Gasteiger charge is -2.13. The molecule has 0 amide bonds. The third kappa shape index (κ3) is 2.58. The van der Waals surface area contributed by atoms with Crippen molar-refractivity contribution in [2.75, 3.05) is 5.73 Å². The van der Waals surface area contributed by atoms with Crippen LogP contribution < -0.4 is 5.73 Å². The Morgan fingerprint density at radius 2 is 2.07 bits per heavy atom. The second kappa shape index (κ2) is 3.76. The number of alkyl halides is 3. The van der Waals surface area contributed by atoms with Gasteiger partial charge in [0.05, 0.1) is 23.9 Å². The molecule has 15 heavy (non-hydrogen) atoms. The van der Waals surface area contributed by atoms with E-state index in [9.17, 15) is 18.0 Å². The molecule has 3 N–H and O–H groups in total. The molecule has 0 saturated carbocycles. The normalized spacial score (nSPS) is 11.4. The molecule has 0 aliphatic carbocycles. The van der Waals surface area contributed by atoms with E-state index in [4.69, 9.17) is 10.8 Å². The summed E-state index contributed by atoms with van der Waals surface area (Å²) < 4.78 is 37.4. The molecule has 4 nitrogen and oxygen atoms in total. The Balaban J connectivity index is 3.27. The Kier molecular flexibility index (Phi) is 2.83. The number of aliphatic carboxylic acids is 1. The first-order chi connectivity index (χ1) is 6.82. The number of aromatic nitrogens is 1. The van der Waals surface area contributed by atoms with E-state index in [-0.39, 0.29) is 0 Å². The van der Waals surface area contributed by atoms with E-state index >= 15 is 0 Å². The quantitative estimate of drug-likeness (QED) is 0.787. The Morgan fingerprint density at radius 3 is 2.53 bits per heavy atom. The lowest BCUT2D eigenvalue weighted by Crippen LogP contribution is -2.15. The number of anilines is 1. The minimum atomic E-state index is -4.67. The van der Waals surface area contributed by atoms with E-state index < -0.39 is 35.4 Å². The molecule has 1 aromatic heterocycles. The van der Waals surface area contributed by atoms with Crippen LogP contribution in [0.15, 0.2) is 12.4 Å². The summed E-state index contributed by atoms with van der Waals surface area (Å²) in [6, 6.07) is 0. The summed E-state index contributed by atoms with van der Waals surface area (Å²) in [4.78, 5) is 13.7. The zero-order valence-corrected chi connectivity index (χ0v) is 7.38. The molecule has 0 atom stereocenters. The first-order valence-corrected chi connectivity index (χ1v) is 3.83. The number of carboxylic acid groups (broad SMARTS) is 1. The van der Waals surface area contributed by atoms with E-state index in [1.807, 2.05) is 0 Å². The monoisotopic (exact) mass is 220 g/mol. The highest BCUT2D eigenvalue weighted by molar-refractivity contribution is 5.71. The number of nitrogens with two attached hydrogens (primary N) is 1. The van der Waals surface area contributed by atoms with Gasteiger partial charge >= 0.3 is 12.1 Å². The van der Waals surface area contributed by atoms with Crippen molar-refractivity contribution in [1.82, 2.24) is 4.98 Å². The molecule has 0 aliphatic rings. The highest BCUT2D eigenvalue weighted by Gasteiger charge is 2.36. The van der Waals surface area contributed by atoms with Gasteiger partial charge in [0.1, 0.15) is 0 Å². The van der Waals surface area contributed by atoms with Gasteiger partial charge in [0.25, 0.3) is 0 Å². The second-order valence-electron chi connectivity index (χ2n) is 2.83. The number of carbonyl (C=O) groups is 1. The summed E-state index contributed by atoms with van der Waals surface area (Å²) >= 11 is 0. The fraction of sp³-hybridized carbons (Fsp3) is 0.250. The molecular weight excluding hydrogens is 213 g/mol. The smallest absolute Gasteiger partial charge is 0.418 e. The van der Waals surface area contributed by atoms with Crippen molar-refractivity contribution < 1.29 is 23.1 Å². The molecular formula is C8H7F3N2O2. The van der Waals surface area contributed by atoms with E-state index in [1.54, 1.807) is 0 Å². The molecule has 1 aromatic rings. The van der Waals surface area contributed by atoms with Gasteiger partial charge in [0.2, 0.25) is 0 Å². The third-order valence-corrected chi connectivity index (χ3v) is 1.68. The molecule has 1 heterocycles. The molecule has 0 radical (unpaired) electrons. The number of nitrogen functional groups attached to an aromatic ring is 1. The van der Waals surface area contributed by atoms with Gasteiger partial charge in [-0.25, -0.2) is 0 Å². The van der Waals surface area contributed by atoms with Crippen LogP contribution in [0.3, 0.4) is 0 Å². The standard InChI is InChI=1S/C8H7F3N2O2/c9-8(10,11)7-4(1-6(14)15)2-13-3-5(7)12/h2-3H,1,12H2,(H,14,15). The molecule has 0 bridgehead atoms. The number of nitrogens with zero attached hydrogens (tertiary/aromatic N) is 1. The van der Waals surface area contributed by atoms with Crippen LogP contribution in [0.2, 0.25) is 0 Å². The van der Waals surface area contributed by atoms with Crippen LogP contribution in [0.5, 0.6) is 0 Å². The summed E-state index contributed by atoms with van der Waals surface area (Å²) in [6.45, 7) is 0. The van der Waals surface area contributed by atoms with Crippen LogP contribution in [0.1, 0.15) is 11.1 Å². The molecule has 0 aromatic carbocycles. The molecule has 0 spiro atoms. The highest BCUT2D eigenvalue weighted by Crippen LogP contribution is 2.35. The van der Waals surface area contributed by atoms with Crippen molar-refractivity contribution in [1.29, 1.82) is 0 Å². The van der Waals surface area contributed by atoms with Gasteiger partial charge < -0.3 is 10.8 Å². The SMILES string of the molecule is Nc1cncc(CC(=O)O)c1C(F)(F)F. The summed E-state index contributed by atoms with van der Waals surface area (Å²) in [5.74, 6) is -1.37. The Labute approximate surface area is 82.5 Å². The zero-order chi connectivity index (χ0) is 11.6. The van der Waals surface area contributed by atoms with Gasteiger partial charge in [-0.15, -0.1) is 0 Å². The molecule has 0 fully saturated rings. The predicted octanol–water partition coefficient (Wildman–Crippen LogP) is 1.31. The topological polar surface area (TPSA) is 76.2 Å². The van der Waals surface area contributed by atoms with Gasteiger partial charge in [-0.05, 0) is 5.56 Å². The number of pyridine rings is 1. The van der Waals surface area contributed by atoms with Gasteiger partial charge in [-0.1, -0.05) is 0 Å². The van der Waals surface area contributed by atoms with Crippen LogP contribution in [-0.4, -0.2) is 16.1 Å². The van der Waals surface area contributed by atoms with E-state index in [1.165, 1.54) is 0 Å². The van der Waals surface area contributed by atoms with Crippen molar-refractivity contribution in [3.8, 4) is 0 Å². The lowest BCUT2D eigenvalue weighted by molar-refractivity contribution is -0.139. The van der Waals surface area contributed by atoms with Crippen molar-refractivity contribution in [2.24, 2.45) is 0 Å². The molecule has 1 rings (SSSR count). The van der Waals surface area contributed by atoms with Crippen molar-refractivity contribution in [2.45, 2.75) is 12.6 Å². The fourth-order valence-corrected chi connectivity index (χ4v) is 1.16. The van der Waals surface area contributed by atoms with Crippen LogP contribution in [-0.2, 0) is 17.4 Å². The van der Waals surface area contributed by atoms with Gasteiger partial charge in [-0.2, -0.15) is 13.2 Å². The Bertz CT molecular complexity index is 390. The molecule has 0 aliphatic heterocycles. The number of halogens is 3. The maximum atomic E-state index is 12.5. The number of hydrogen-bond acceptors (Lipinski definition) is 3. The molecule has 82 valence electrons. The van der Waals surface area contributed by atoms with E-state index in [0.717, 1.165) is 12.4 Å². The van der Waals surface area contributed by atoms with Crippen LogP contribution in [0, 0.1) is 0 Å². The predicted molar refractivity (Wildman–Crippen MR) is 45.0 cm³/mol. The van der Waals surface area contributed by atoms with Gasteiger partial charge in [-0.3, -0.25) is 9.78 Å². The summed E-state index contributed by atoms with van der Waals surface area (Å²) in [6.07, 6.45) is -3.73. The lowest BCUT2D eigenvalue weighted by atomic mass is 10.1. The molecule has 0 unspecified atom stereocenters. The number of carboxylic acids is 1. The maximum absolute atomic E-state index is 12.5.